The van der Waals surface area contributed by atoms with Crippen LogP contribution in [0.15, 0.2) is 70.8 Å². The number of likely N-dealkylation sites (tertiary alicyclic amines) is 1. The molecule has 0 bridgehead atoms. The highest BCUT2D eigenvalue weighted by atomic mass is 19.1. The molecule has 1 saturated heterocycles. The molecule has 0 unspecified atom stereocenters. The van der Waals surface area contributed by atoms with Crippen molar-refractivity contribution in [3.63, 3.8) is 0 Å². The SMILES string of the molecule is CN=C(c1ccc(CN)cc1)c1ncn(CC2(O)CCN(Cc3ccc(-c4ccnn4C)cc3F)CC2)c(=O)c1N. The van der Waals surface area contributed by atoms with Crippen LogP contribution in [-0.2, 0) is 26.7 Å². The number of benzene rings is 2. The van der Waals surface area contributed by atoms with Crippen LogP contribution in [0.3, 0.4) is 0 Å². The fourth-order valence-electron chi connectivity index (χ4n) is 5.31. The molecule has 1 aliphatic rings. The van der Waals surface area contributed by atoms with Crippen molar-refractivity contribution < 1.29 is 9.50 Å². The van der Waals surface area contributed by atoms with E-state index in [1.807, 2.05) is 43.4 Å². The Bertz CT molecular complexity index is 1620. The van der Waals surface area contributed by atoms with Gasteiger partial charge in [-0.3, -0.25) is 23.9 Å². The second-order valence-corrected chi connectivity index (χ2v) is 10.6. The van der Waals surface area contributed by atoms with E-state index in [0.29, 0.717) is 56.0 Å². The van der Waals surface area contributed by atoms with Crippen molar-refractivity contribution in [3.8, 4) is 11.3 Å². The van der Waals surface area contributed by atoms with E-state index >= 15 is 0 Å². The summed E-state index contributed by atoms with van der Waals surface area (Å²) in [6, 6.07) is 14.6. The van der Waals surface area contributed by atoms with E-state index in [1.165, 1.54) is 17.0 Å². The first-order chi connectivity index (χ1) is 19.7. The van der Waals surface area contributed by atoms with Crippen molar-refractivity contribution in [2.24, 2.45) is 17.8 Å². The Kier molecular flexibility index (Phi) is 8.11. The number of nitrogen functional groups attached to an aromatic ring is 1. The molecule has 2 aromatic carbocycles. The molecular formula is C30H35FN8O2. The molecule has 10 nitrogen and oxygen atoms in total. The van der Waals surface area contributed by atoms with E-state index in [2.05, 4.69) is 20.0 Å². The number of nitrogens with two attached hydrogens (primary N) is 2. The van der Waals surface area contributed by atoms with E-state index in [-0.39, 0.29) is 18.0 Å². The van der Waals surface area contributed by atoms with Crippen LogP contribution in [0.25, 0.3) is 11.3 Å². The highest BCUT2D eigenvalue weighted by Crippen LogP contribution is 2.27. The minimum atomic E-state index is -1.11. The third-order valence-electron chi connectivity index (χ3n) is 7.80. The zero-order valence-corrected chi connectivity index (χ0v) is 23.3. The third kappa shape index (κ3) is 5.97. The summed E-state index contributed by atoms with van der Waals surface area (Å²) >= 11 is 0. The monoisotopic (exact) mass is 558 g/mol. The Morgan fingerprint density at radius 1 is 1.15 bits per heavy atom. The Hall–Kier alpha value is -4.19. The molecule has 4 aromatic rings. The maximum Gasteiger partial charge on any atom is 0.277 e. The van der Waals surface area contributed by atoms with Gasteiger partial charge in [-0.25, -0.2) is 9.37 Å². The van der Waals surface area contributed by atoms with Crippen LogP contribution in [-0.4, -0.2) is 60.8 Å². The number of nitrogens with zero attached hydrogens (tertiary/aromatic N) is 6. The van der Waals surface area contributed by atoms with Crippen LogP contribution in [0, 0.1) is 5.82 Å². The number of piperidine rings is 1. The van der Waals surface area contributed by atoms with Crippen molar-refractivity contribution in [3.05, 3.63) is 99.6 Å². The molecule has 0 spiro atoms. The van der Waals surface area contributed by atoms with E-state index in [1.54, 1.807) is 24.0 Å². The van der Waals surface area contributed by atoms with Gasteiger partial charge in [0.2, 0.25) is 0 Å². The Morgan fingerprint density at radius 3 is 2.49 bits per heavy atom. The van der Waals surface area contributed by atoms with Crippen molar-refractivity contribution in [1.29, 1.82) is 0 Å². The lowest BCUT2D eigenvalue weighted by atomic mass is 9.91. The molecule has 1 fully saturated rings. The quantitative estimate of drug-likeness (QED) is 0.282. The van der Waals surface area contributed by atoms with E-state index in [4.69, 9.17) is 11.5 Å². The zero-order chi connectivity index (χ0) is 29.1. The standard InChI is InChI=1S/C30H35FN8O2/c1-34-27(21-5-3-20(16-32)4-6-21)28-26(33)29(40)39(19-35-28)18-30(41)10-13-38(14-11-30)17-23-8-7-22(15-24(23)31)25-9-12-36-37(25)2/h3-9,12,15,19,41H,10-11,13-14,16-18,32-33H2,1-2H3. The number of aliphatic hydroxyl groups is 1. The molecule has 41 heavy (non-hydrogen) atoms. The van der Waals surface area contributed by atoms with Crippen LogP contribution in [0.2, 0.25) is 0 Å². The molecule has 2 aromatic heterocycles. The predicted octanol–water partition coefficient (Wildman–Crippen LogP) is 2.32. The van der Waals surface area contributed by atoms with Gasteiger partial charge in [0.15, 0.2) is 0 Å². The van der Waals surface area contributed by atoms with Gasteiger partial charge in [0.05, 0.1) is 29.9 Å². The Morgan fingerprint density at radius 2 is 1.88 bits per heavy atom. The molecule has 214 valence electrons. The second kappa shape index (κ2) is 11.7. The van der Waals surface area contributed by atoms with Crippen LogP contribution < -0.4 is 17.0 Å². The summed E-state index contributed by atoms with van der Waals surface area (Å²) in [5.41, 5.74) is 15.1. The molecule has 0 atom stereocenters. The van der Waals surface area contributed by atoms with Gasteiger partial charge in [0, 0.05) is 63.2 Å². The maximum atomic E-state index is 14.9. The van der Waals surface area contributed by atoms with Gasteiger partial charge in [0.25, 0.3) is 5.56 Å². The van der Waals surface area contributed by atoms with Crippen LogP contribution in [0.5, 0.6) is 0 Å². The Labute approximate surface area is 237 Å². The summed E-state index contributed by atoms with van der Waals surface area (Å²) in [5.74, 6) is -0.275. The molecule has 11 heteroatoms. The van der Waals surface area contributed by atoms with Crippen LogP contribution in [0.1, 0.15) is 35.2 Å². The molecule has 3 heterocycles. The van der Waals surface area contributed by atoms with Gasteiger partial charge in [-0.2, -0.15) is 5.10 Å². The number of aryl methyl sites for hydroxylation is 1. The molecule has 1 aliphatic heterocycles. The minimum Gasteiger partial charge on any atom is -0.392 e. The first-order valence-electron chi connectivity index (χ1n) is 13.5. The Balaban J connectivity index is 1.24. The summed E-state index contributed by atoms with van der Waals surface area (Å²) in [6.07, 6.45) is 3.94. The highest BCUT2D eigenvalue weighted by Gasteiger charge is 2.33. The lowest BCUT2D eigenvalue weighted by Crippen LogP contribution is -2.48. The first kappa shape index (κ1) is 28.3. The van der Waals surface area contributed by atoms with E-state index in [9.17, 15) is 14.3 Å². The summed E-state index contributed by atoms with van der Waals surface area (Å²) in [5, 5.41) is 15.5. The third-order valence-corrected chi connectivity index (χ3v) is 7.80. The van der Waals surface area contributed by atoms with Gasteiger partial charge < -0.3 is 16.6 Å². The van der Waals surface area contributed by atoms with Crippen molar-refractivity contribution in [2.75, 3.05) is 25.9 Å². The largest absolute Gasteiger partial charge is 0.392 e. The fraction of sp³-hybridized carbons (Fsp3) is 0.333. The molecular weight excluding hydrogens is 523 g/mol. The van der Waals surface area contributed by atoms with Crippen LogP contribution in [0.4, 0.5) is 10.1 Å². The van der Waals surface area contributed by atoms with E-state index < -0.39 is 11.2 Å². The van der Waals surface area contributed by atoms with Crippen molar-refractivity contribution in [2.45, 2.75) is 38.1 Å². The number of hydrogen-bond acceptors (Lipinski definition) is 8. The van der Waals surface area contributed by atoms with Gasteiger partial charge >= 0.3 is 0 Å². The fourth-order valence-corrected chi connectivity index (χ4v) is 5.31. The van der Waals surface area contributed by atoms with Gasteiger partial charge in [-0.05, 0) is 30.5 Å². The van der Waals surface area contributed by atoms with Crippen molar-refractivity contribution >= 4 is 11.4 Å². The van der Waals surface area contributed by atoms with Crippen molar-refractivity contribution in [1.82, 2.24) is 24.2 Å². The number of hydrogen-bond donors (Lipinski definition) is 3. The molecule has 5 rings (SSSR count). The first-order valence-corrected chi connectivity index (χ1v) is 13.5. The summed E-state index contributed by atoms with van der Waals surface area (Å²) < 4.78 is 18.0. The average molecular weight is 559 g/mol. The topological polar surface area (TPSA) is 141 Å². The highest BCUT2D eigenvalue weighted by molar-refractivity contribution is 6.14. The molecule has 5 N–H and O–H groups in total. The van der Waals surface area contributed by atoms with Gasteiger partial charge in [-0.1, -0.05) is 36.4 Å². The lowest BCUT2D eigenvalue weighted by molar-refractivity contribution is -0.0366. The summed E-state index contributed by atoms with van der Waals surface area (Å²) in [4.78, 5) is 24.1. The molecule has 0 aliphatic carbocycles. The average Bonchev–Trinajstić information content (AvgIpc) is 3.41. The van der Waals surface area contributed by atoms with E-state index in [0.717, 1.165) is 22.4 Å². The minimum absolute atomic E-state index is 0.0258. The predicted molar refractivity (Wildman–Crippen MR) is 157 cm³/mol. The maximum absolute atomic E-state index is 14.9. The summed E-state index contributed by atoms with van der Waals surface area (Å²) in [6.45, 7) is 2.03. The number of aromatic nitrogens is 4. The smallest absolute Gasteiger partial charge is 0.277 e. The van der Waals surface area contributed by atoms with Gasteiger partial charge in [0.1, 0.15) is 17.2 Å². The summed E-state index contributed by atoms with van der Waals surface area (Å²) in [7, 11) is 3.44. The zero-order valence-electron chi connectivity index (χ0n) is 23.3. The molecule has 0 amide bonds. The molecule has 0 saturated carbocycles. The number of anilines is 1. The normalized spacial score (nSPS) is 15.8. The second-order valence-electron chi connectivity index (χ2n) is 10.6. The van der Waals surface area contributed by atoms with Gasteiger partial charge in [-0.15, -0.1) is 0 Å². The number of rotatable bonds is 8. The molecule has 0 radical (unpaired) electrons. The lowest BCUT2D eigenvalue weighted by Gasteiger charge is -2.38. The number of aliphatic imine (C=N–C) groups is 1. The van der Waals surface area contributed by atoms with Crippen LogP contribution >= 0.6 is 0 Å². The number of halogens is 1.